The Balaban J connectivity index is 3.08. The Morgan fingerprint density at radius 2 is 2.00 bits per heavy atom. The molecule has 0 aliphatic heterocycles. The molecule has 3 nitrogen and oxygen atoms in total. The van der Waals surface area contributed by atoms with Crippen molar-refractivity contribution in [3.63, 3.8) is 0 Å². The fourth-order valence-corrected chi connectivity index (χ4v) is 2.40. The second kappa shape index (κ2) is 6.61. The molecule has 0 amide bonds. The molecule has 0 bridgehead atoms. The topological polar surface area (TPSA) is 54.4 Å². The Morgan fingerprint density at radius 3 is 2.56 bits per heavy atom. The number of carboxylic acid groups (broad SMARTS) is 1. The van der Waals surface area contributed by atoms with Crippen molar-refractivity contribution in [2.75, 3.05) is 0 Å². The third kappa shape index (κ3) is 4.55. The van der Waals surface area contributed by atoms with E-state index in [-0.39, 0.29) is 5.78 Å². The van der Waals surface area contributed by atoms with E-state index in [4.69, 9.17) is 16.7 Å². The molecule has 0 saturated heterocycles. The molecule has 5 heteroatoms. The van der Waals surface area contributed by atoms with E-state index >= 15 is 0 Å². The summed E-state index contributed by atoms with van der Waals surface area (Å²) in [7, 11) is 0. The van der Waals surface area contributed by atoms with E-state index in [0.29, 0.717) is 15.8 Å². The Morgan fingerprint density at radius 1 is 1.33 bits per heavy atom. The van der Waals surface area contributed by atoms with Crippen molar-refractivity contribution in [2.24, 2.45) is 0 Å². The molecule has 0 aromatic heterocycles. The van der Waals surface area contributed by atoms with Crippen LogP contribution in [0.1, 0.15) is 24.2 Å². The predicted molar refractivity (Wildman–Crippen MR) is 73.6 cm³/mol. The maximum atomic E-state index is 11.9. The van der Waals surface area contributed by atoms with Crippen LogP contribution in [-0.4, -0.2) is 22.1 Å². The minimum absolute atomic E-state index is 0.321. The van der Waals surface area contributed by atoms with E-state index in [2.05, 4.69) is 0 Å². The van der Waals surface area contributed by atoms with Crippen molar-refractivity contribution >= 4 is 35.1 Å². The second-order valence-electron chi connectivity index (χ2n) is 3.84. The van der Waals surface area contributed by atoms with Crippen LogP contribution < -0.4 is 0 Å². The monoisotopic (exact) mass is 284 g/mol. The van der Waals surface area contributed by atoms with Gasteiger partial charge >= 0.3 is 5.97 Å². The normalized spacial score (nSPS) is 11.1. The Labute approximate surface area is 115 Å². The highest BCUT2D eigenvalue weighted by Crippen LogP contribution is 2.29. The first kappa shape index (κ1) is 14.8. The highest BCUT2D eigenvalue weighted by atomic mass is 35.5. The number of aliphatic carboxylic acids is 1. The molecule has 1 N–H and O–H groups in total. The molecule has 1 aromatic carbocycles. The molecule has 0 radical (unpaired) electrons. The van der Waals surface area contributed by atoms with Gasteiger partial charge in [-0.15, -0.1) is 11.8 Å². The zero-order valence-electron chi connectivity index (χ0n) is 10.0. The van der Waals surface area contributed by atoms with Gasteiger partial charge in [0.15, 0.2) is 5.78 Å². The van der Waals surface area contributed by atoms with E-state index in [1.54, 1.807) is 18.2 Å². The average molecular weight is 285 g/mol. The molecule has 96 valence electrons. The number of carbonyl (C=O) groups excluding carboxylic acids is 1. The number of ketones is 1. The summed E-state index contributed by atoms with van der Waals surface area (Å²) in [4.78, 5) is 23.1. The van der Waals surface area contributed by atoms with Crippen LogP contribution in [0, 0.1) is 0 Å². The van der Waals surface area contributed by atoms with Gasteiger partial charge in [0, 0.05) is 26.8 Å². The number of allylic oxidation sites excluding steroid dienone is 1. The van der Waals surface area contributed by atoms with Crippen molar-refractivity contribution in [3.05, 3.63) is 40.9 Å². The van der Waals surface area contributed by atoms with Crippen LogP contribution in [-0.2, 0) is 4.79 Å². The number of thioether (sulfide) groups is 1. The number of benzene rings is 1. The number of carbonyl (C=O) groups is 2. The molecule has 1 rings (SSSR count). The number of halogens is 1. The maximum absolute atomic E-state index is 11.9. The van der Waals surface area contributed by atoms with E-state index in [1.807, 2.05) is 13.8 Å². The Hall–Kier alpha value is -1.26. The molecule has 0 aliphatic rings. The van der Waals surface area contributed by atoms with Gasteiger partial charge in [0.1, 0.15) is 0 Å². The van der Waals surface area contributed by atoms with Gasteiger partial charge in [0.25, 0.3) is 0 Å². The van der Waals surface area contributed by atoms with Crippen LogP contribution in [0.2, 0.25) is 5.02 Å². The van der Waals surface area contributed by atoms with Gasteiger partial charge in [0.2, 0.25) is 0 Å². The van der Waals surface area contributed by atoms with Gasteiger partial charge in [-0.25, -0.2) is 4.79 Å². The van der Waals surface area contributed by atoms with Crippen molar-refractivity contribution in [2.45, 2.75) is 24.0 Å². The molecule has 1 aromatic rings. The zero-order valence-corrected chi connectivity index (χ0v) is 11.6. The van der Waals surface area contributed by atoms with Crippen LogP contribution >= 0.6 is 23.4 Å². The highest BCUT2D eigenvalue weighted by molar-refractivity contribution is 8.00. The summed E-state index contributed by atoms with van der Waals surface area (Å²) in [5, 5.41) is 9.28. The van der Waals surface area contributed by atoms with Crippen molar-refractivity contribution < 1.29 is 14.7 Å². The van der Waals surface area contributed by atoms with Crippen molar-refractivity contribution in [1.82, 2.24) is 0 Å². The molecule has 0 atom stereocenters. The molecular formula is C13H13ClO3S. The smallest absolute Gasteiger partial charge is 0.328 e. The molecule has 0 spiro atoms. The zero-order chi connectivity index (χ0) is 13.7. The lowest BCUT2D eigenvalue weighted by Crippen LogP contribution is -2.00. The standard InChI is InChI=1S/C13H13ClO3S/c1-8(2)18-12-5-3-9(14)7-10(12)11(15)4-6-13(16)17/h3-8H,1-2H3,(H,16,17)/b6-4+. The van der Waals surface area contributed by atoms with E-state index in [0.717, 1.165) is 17.0 Å². The van der Waals surface area contributed by atoms with Crippen LogP contribution in [0.25, 0.3) is 0 Å². The summed E-state index contributed by atoms with van der Waals surface area (Å²) in [6, 6.07) is 5.04. The summed E-state index contributed by atoms with van der Waals surface area (Å²) >= 11 is 7.39. The quantitative estimate of drug-likeness (QED) is 0.509. The van der Waals surface area contributed by atoms with Crippen molar-refractivity contribution in [3.8, 4) is 0 Å². The first-order valence-electron chi connectivity index (χ1n) is 5.31. The summed E-state index contributed by atoms with van der Waals surface area (Å²) in [6.45, 7) is 4.03. The Bertz CT molecular complexity index is 495. The number of rotatable bonds is 5. The van der Waals surface area contributed by atoms with Gasteiger partial charge in [0.05, 0.1) is 0 Å². The van der Waals surface area contributed by atoms with E-state index in [1.165, 1.54) is 11.8 Å². The first-order chi connectivity index (χ1) is 8.40. The third-order valence-corrected chi connectivity index (χ3v) is 3.26. The molecule has 0 heterocycles. The lowest BCUT2D eigenvalue weighted by atomic mass is 10.1. The van der Waals surface area contributed by atoms with Gasteiger partial charge in [-0.1, -0.05) is 25.4 Å². The molecule has 0 aliphatic carbocycles. The van der Waals surface area contributed by atoms with Gasteiger partial charge in [-0.3, -0.25) is 4.79 Å². The van der Waals surface area contributed by atoms with Crippen LogP contribution in [0.5, 0.6) is 0 Å². The minimum Gasteiger partial charge on any atom is -0.478 e. The van der Waals surface area contributed by atoms with Crippen LogP contribution in [0.3, 0.4) is 0 Å². The van der Waals surface area contributed by atoms with Gasteiger partial charge < -0.3 is 5.11 Å². The average Bonchev–Trinajstić information content (AvgIpc) is 2.27. The highest BCUT2D eigenvalue weighted by Gasteiger charge is 2.12. The largest absolute Gasteiger partial charge is 0.478 e. The SMILES string of the molecule is CC(C)Sc1ccc(Cl)cc1C(=O)/C=C/C(=O)O. The summed E-state index contributed by atoms with van der Waals surface area (Å²) in [5.41, 5.74) is 0.429. The first-order valence-corrected chi connectivity index (χ1v) is 6.57. The molecule has 0 saturated carbocycles. The Kier molecular flexibility index (Phi) is 5.44. The lowest BCUT2D eigenvalue weighted by Gasteiger charge is -2.09. The van der Waals surface area contributed by atoms with Gasteiger partial charge in [-0.2, -0.15) is 0 Å². The fraction of sp³-hybridized carbons (Fsp3) is 0.231. The summed E-state index contributed by atoms with van der Waals surface area (Å²) in [5.74, 6) is -1.51. The summed E-state index contributed by atoms with van der Waals surface area (Å²) < 4.78 is 0. The lowest BCUT2D eigenvalue weighted by molar-refractivity contribution is -0.131. The molecule has 0 fully saturated rings. The van der Waals surface area contributed by atoms with Crippen LogP contribution in [0.15, 0.2) is 35.2 Å². The third-order valence-electron chi connectivity index (χ3n) is 1.95. The van der Waals surface area contributed by atoms with Crippen LogP contribution in [0.4, 0.5) is 0 Å². The minimum atomic E-state index is -1.15. The van der Waals surface area contributed by atoms with Crippen molar-refractivity contribution in [1.29, 1.82) is 0 Å². The number of carboxylic acids is 1. The van der Waals surface area contributed by atoms with E-state index in [9.17, 15) is 9.59 Å². The molecule has 0 unspecified atom stereocenters. The predicted octanol–water partition coefficient (Wildman–Crippen LogP) is 3.66. The summed E-state index contributed by atoms with van der Waals surface area (Å²) in [6.07, 6.45) is 1.87. The fourth-order valence-electron chi connectivity index (χ4n) is 1.29. The number of hydrogen-bond acceptors (Lipinski definition) is 3. The second-order valence-corrected chi connectivity index (χ2v) is 5.90. The maximum Gasteiger partial charge on any atom is 0.328 e. The number of hydrogen-bond donors (Lipinski definition) is 1. The molecular weight excluding hydrogens is 272 g/mol. The molecule has 18 heavy (non-hydrogen) atoms. The van der Waals surface area contributed by atoms with Gasteiger partial charge in [-0.05, 0) is 24.3 Å². The van der Waals surface area contributed by atoms with E-state index < -0.39 is 5.97 Å².